The molecule has 2 fully saturated rings. The summed E-state index contributed by atoms with van der Waals surface area (Å²) in [5.41, 5.74) is 4.30. The van der Waals surface area contributed by atoms with E-state index in [9.17, 15) is 29.7 Å². The SMILES string of the molecule is CC1OC(n2c(NC(=O)c3ccc(NC(=O)[C@@](C)(N)CO)cc3)ccnc2=O)CCC1OC1OC(C)C(O)C(N(C)C)C1O. The predicted octanol–water partition coefficient (Wildman–Crippen LogP) is -0.377. The molecule has 15 heteroatoms. The highest BCUT2D eigenvalue weighted by molar-refractivity contribution is 6.04. The molecular formula is C29H42N6O9. The van der Waals surface area contributed by atoms with Crippen molar-refractivity contribution in [3.63, 3.8) is 0 Å². The van der Waals surface area contributed by atoms with Crippen molar-refractivity contribution in [2.75, 3.05) is 31.3 Å². The third-order valence-corrected chi connectivity index (χ3v) is 7.97. The lowest BCUT2D eigenvalue weighted by Crippen LogP contribution is -2.63. The molecule has 242 valence electrons. The van der Waals surface area contributed by atoms with Crippen molar-refractivity contribution in [1.29, 1.82) is 0 Å². The summed E-state index contributed by atoms with van der Waals surface area (Å²) in [5.74, 6) is -0.920. The van der Waals surface area contributed by atoms with Crippen molar-refractivity contribution in [3.05, 3.63) is 52.6 Å². The lowest BCUT2D eigenvalue weighted by molar-refractivity contribution is -0.309. The standard InChI is InChI=1S/C29H42N6O9/c1-15-19(44-26-24(38)22(34(4)5)23(37)16(2)43-26)10-11-21(42-15)35-20(12-13-31-28(35)41)33-25(39)17-6-8-18(9-7-17)32-27(40)29(3,30)14-36/h6-9,12-13,15-16,19,21-24,26,36-38H,10-11,14,30H2,1-5H3,(H,32,40)(H,33,39)/t15?,16?,19?,21?,22?,23?,24?,26?,29-/m0/s1. The van der Waals surface area contributed by atoms with Gasteiger partial charge < -0.3 is 50.8 Å². The fourth-order valence-electron chi connectivity index (χ4n) is 5.26. The molecule has 2 saturated heterocycles. The van der Waals surface area contributed by atoms with E-state index in [1.807, 2.05) is 0 Å². The van der Waals surface area contributed by atoms with Crippen LogP contribution >= 0.6 is 0 Å². The van der Waals surface area contributed by atoms with E-state index in [1.165, 1.54) is 48.0 Å². The van der Waals surface area contributed by atoms with Crippen LogP contribution in [-0.2, 0) is 19.0 Å². The lowest BCUT2D eigenvalue weighted by Gasteiger charge is -2.46. The van der Waals surface area contributed by atoms with E-state index in [1.54, 1.807) is 32.8 Å². The van der Waals surface area contributed by atoms with E-state index in [-0.39, 0.29) is 11.4 Å². The Balaban J connectivity index is 1.42. The number of nitrogens with two attached hydrogens (primary N) is 1. The molecule has 0 bridgehead atoms. The molecule has 4 rings (SSSR count). The van der Waals surface area contributed by atoms with Crippen LogP contribution in [0.1, 0.15) is 50.2 Å². The number of aromatic nitrogens is 2. The lowest BCUT2D eigenvalue weighted by atomic mass is 9.95. The van der Waals surface area contributed by atoms with E-state index in [4.69, 9.17) is 19.9 Å². The first-order valence-electron chi connectivity index (χ1n) is 14.4. The van der Waals surface area contributed by atoms with Crippen LogP contribution in [0.2, 0.25) is 0 Å². The van der Waals surface area contributed by atoms with Gasteiger partial charge in [0.2, 0.25) is 5.91 Å². The van der Waals surface area contributed by atoms with E-state index in [0.717, 1.165) is 0 Å². The van der Waals surface area contributed by atoms with Gasteiger partial charge in [-0.3, -0.25) is 14.2 Å². The topological polar surface area (TPSA) is 211 Å². The first-order valence-corrected chi connectivity index (χ1v) is 14.4. The minimum absolute atomic E-state index is 0.175. The zero-order valence-electron chi connectivity index (χ0n) is 25.4. The number of nitrogens with zero attached hydrogens (tertiary/aromatic N) is 3. The molecule has 8 unspecified atom stereocenters. The Kier molecular flexibility index (Phi) is 10.5. The van der Waals surface area contributed by atoms with Gasteiger partial charge in [-0.15, -0.1) is 0 Å². The Morgan fingerprint density at radius 3 is 2.39 bits per heavy atom. The van der Waals surface area contributed by atoms with Crippen molar-refractivity contribution in [2.45, 2.75) is 88.2 Å². The number of ether oxygens (including phenoxy) is 3. The largest absolute Gasteiger partial charge is 0.394 e. The molecule has 0 saturated carbocycles. The average molecular weight is 619 g/mol. The predicted molar refractivity (Wildman–Crippen MR) is 159 cm³/mol. The zero-order valence-corrected chi connectivity index (χ0v) is 25.4. The van der Waals surface area contributed by atoms with E-state index < -0.39 is 78.7 Å². The number of carbonyl (C=O) groups excluding carboxylic acids is 2. The van der Waals surface area contributed by atoms with Crippen molar-refractivity contribution >= 4 is 23.3 Å². The quantitative estimate of drug-likeness (QED) is 0.212. The molecular weight excluding hydrogens is 576 g/mol. The molecule has 44 heavy (non-hydrogen) atoms. The first kappa shape index (κ1) is 33.6. The summed E-state index contributed by atoms with van der Waals surface area (Å²) in [6.45, 7) is 4.35. The number of hydrogen-bond acceptors (Lipinski definition) is 12. The molecule has 2 aliphatic rings. The summed E-state index contributed by atoms with van der Waals surface area (Å²) in [4.78, 5) is 43.7. The highest BCUT2D eigenvalue weighted by Crippen LogP contribution is 2.33. The number of rotatable bonds is 9. The number of amides is 2. The molecule has 0 radical (unpaired) electrons. The second-order valence-electron chi connectivity index (χ2n) is 11.7. The van der Waals surface area contributed by atoms with Crippen molar-refractivity contribution < 1.29 is 39.1 Å². The van der Waals surface area contributed by atoms with Crippen LogP contribution in [0.15, 0.2) is 41.3 Å². The maximum Gasteiger partial charge on any atom is 0.351 e. The van der Waals surface area contributed by atoms with Crippen molar-refractivity contribution in [2.24, 2.45) is 5.73 Å². The highest BCUT2D eigenvalue weighted by atomic mass is 16.7. The molecule has 1 aromatic carbocycles. The maximum absolute atomic E-state index is 13.1. The third-order valence-electron chi connectivity index (χ3n) is 7.97. The van der Waals surface area contributed by atoms with Gasteiger partial charge in [0.05, 0.1) is 37.1 Å². The van der Waals surface area contributed by atoms with Crippen LogP contribution in [0.5, 0.6) is 0 Å². The normalized spacial score (nSPS) is 30.4. The molecule has 3 heterocycles. The number of anilines is 2. The van der Waals surface area contributed by atoms with Crippen LogP contribution in [0, 0.1) is 0 Å². The second-order valence-corrected chi connectivity index (χ2v) is 11.7. The van der Waals surface area contributed by atoms with Crippen molar-refractivity contribution in [3.8, 4) is 0 Å². The molecule has 15 nitrogen and oxygen atoms in total. The number of carbonyl (C=O) groups is 2. The zero-order chi connectivity index (χ0) is 32.3. The smallest absolute Gasteiger partial charge is 0.351 e. The fourth-order valence-corrected chi connectivity index (χ4v) is 5.26. The number of hydrogen-bond donors (Lipinski definition) is 6. The average Bonchev–Trinajstić information content (AvgIpc) is 2.97. The summed E-state index contributed by atoms with van der Waals surface area (Å²) in [6.07, 6.45) is -3.24. The van der Waals surface area contributed by atoms with Crippen LogP contribution in [0.4, 0.5) is 11.5 Å². The monoisotopic (exact) mass is 618 g/mol. The molecule has 9 atom stereocenters. The van der Waals surface area contributed by atoms with E-state index in [0.29, 0.717) is 18.5 Å². The molecule has 2 aliphatic heterocycles. The third kappa shape index (κ3) is 7.33. The number of nitrogens with one attached hydrogen (secondary N) is 2. The summed E-state index contributed by atoms with van der Waals surface area (Å²) in [7, 11) is 3.52. The molecule has 7 N–H and O–H groups in total. The van der Waals surface area contributed by atoms with Crippen molar-refractivity contribution in [1.82, 2.24) is 14.5 Å². The maximum atomic E-state index is 13.1. The summed E-state index contributed by atoms with van der Waals surface area (Å²) in [5, 5.41) is 35.9. The van der Waals surface area contributed by atoms with E-state index >= 15 is 0 Å². The summed E-state index contributed by atoms with van der Waals surface area (Å²) in [6, 6.07) is 6.92. The number of likely N-dealkylation sites (N-methyl/N-ethyl adjacent to an activating group) is 1. The Bertz CT molecular complexity index is 1370. The number of aliphatic hydroxyl groups excluding tert-OH is 3. The summed E-state index contributed by atoms with van der Waals surface area (Å²) < 4.78 is 19.3. The molecule has 2 amide bonds. The Hall–Kier alpha value is -3.28. The van der Waals surface area contributed by atoms with Gasteiger partial charge >= 0.3 is 5.69 Å². The van der Waals surface area contributed by atoms with Gasteiger partial charge in [0, 0.05) is 17.4 Å². The van der Waals surface area contributed by atoms with Crippen LogP contribution in [-0.4, -0.2) is 111 Å². The van der Waals surface area contributed by atoms with Gasteiger partial charge in [-0.2, -0.15) is 0 Å². The minimum Gasteiger partial charge on any atom is -0.394 e. The molecule has 0 spiro atoms. The molecule has 2 aromatic rings. The van der Waals surface area contributed by atoms with Gasteiger partial charge in [0.25, 0.3) is 5.91 Å². The van der Waals surface area contributed by atoms with E-state index in [2.05, 4.69) is 15.6 Å². The van der Waals surface area contributed by atoms with Crippen LogP contribution in [0.3, 0.4) is 0 Å². The van der Waals surface area contributed by atoms with Gasteiger partial charge in [-0.25, -0.2) is 9.78 Å². The Labute approximate surface area is 254 Å². The van der Waals surface area contributed by atoms with Gasteiger partial charge in [-0.1, -0.05) is 0 Å². The van der Waals surface area contributed by atoms with Gasteiger partial charge in [-0.05, 0) is 78.0 Å². The first-order chi connectivity index (χ1) is 20.7. The molecule has 1 aromatic heterocycles. The Morgan fingerprint density at radius 1 is 1.09 bits per heavy atom. The van der Waals surface area contributed by atoms with Crippen LogP contribution < -0.4 is 22.1 Å². The summed E-state index contributed by atoms with van der Waals surface area (Å²) >= 11 is 0. The second kappa shape index (κ2) is 13.8. The van der Waals surface area contributed by atoms with Gasteiger partial charge in [0.15, 0.2) is 6.29 Å². The highest BCUT2D eigenvalue weighted by Gasteiger charge is 2.46. The number of aliphatic hydroxyl groups is 3. The van der Waals surface area contributed by atoms with Gasteiger partial charge in [0.1, 0.15) is 23.7 Å². The minimum atomic E-state index is -1.46. The fraction of sp³-hybridized carbons (Fsp3) is 0.586. The Morgan fingerprint density at radius 2 is 1.77 bits per heavy atom. The molecule has 0 aliphatic carbocycles. The number of benzene rings is 1. The van der Waals surface area contributed by atoms with Crippen LogP contribution in [0.25, 0.3) is 0 Å².